The van der Waals surface area contributed by atoms with E-state index in [-0.39, 0.29) is 11.6 Å². The molecule has 0 amide bonds. The number of hydrogen-bond donors (Lipinski definition) is 1. The van der Waals surface area contributed by atoms with Crippen molar-refractivity contribution in [1.82, 2.24) is 5.32 Å². The number of nitrogens with zero attached hydrogens (tertiary/aromatic N) is 1. The van der Waals surface area contributed by atoms with Crippen LogP contribution in [0.4, 0.5) is 8.78 Å². The van der Waals surface area contributed by atoms with Crippen molar-refractivity contribution in [3.8, 4) is 6.07 Å². The summed E-state index contributed by atoms with van der Waals surface area (Å²) in [6.07, 6.45) is 1.12. The van der Waals surface area contributed by atoms with Gasteiger partial charge in [-0.1, -0.05) is 6.07 Å². The van der Waals surface area contributed by atoms with E-state index < -0.39 is 11.6 Å². The first-order valence-corrected chi connectivity index (χ1v) is 5.21. The van der Waals surface area contributed by atoms with Gasteiger partial charge >= 0.3 is 0 Å². The van der Waals surface area contributed by atoms with Crippen LogP contribution in [0.5, 0.6) is 0 Å². The summed E-state index contributed by atoms with van der Waals surface area (Å²) in [6.45, 7) is 2.27. The molecule has 1 N–H and O–H groups in total. The molecular formula is C12H14F2N2. The minimum Gasteiger partial charge on any atom is -0.310 e. The Morgan fingerprint density at radius 2 is 2.00 bits per heavy atom. The Bertz CT molecular complexity index is 365. The highest BCUT2D eigenvalue weighted by molar-refractivity contribution is 5.22. The van der Waals surface area contributed by atoms with Gasteiger partial charge in [0.25, 0.3) is 0 Å². The van der Waals surface area contributed by atoms with Crippen LogP contribution in [-0.2, 0) is 0 Å². The molecular weight excluding hydrogens is 210 g/mol. The molecule has 0 aliphatic heterocycles. The summed E-state index contributed by atoms with van der Waals surface area (Å²) in [6, 6.07) is 5.45. The molecule has 0 saturated carbocycles. The molecule has 16 heavy (non-hydrogen) atoms. The molecule has 4 heteroatoms. The van der Waals surface area contributed by atoms with E-state index in [0.717, 1.165) is 0 Å². The molecule has 0 aliphatic carbocycles. The Kier molecular flexibility index (Phi) is 4.87. The maximum absolute atomic E-state index is 13.3. The molecule has 0 saturated heterocycles. The molecule has 0 heterocycles. The summed E-state index contributed by atoms with van der Waals surface area (Å²) in [5.41, 5.74) is 0.0551. The van der Waals surface area contributed by atoms with Crippen molar-refractivity contribution in [2.75, 3.05) is 6.54 Å². The number of nitriles is 1. The summed E-state index contributed by atoms with van der Waals surface area (Å²) in [5, 5.41) is 11.3. The van der Waals surface area contributed by atoms with Crippen LogP contribution in [-0.4, -0.2) is 6.54 Å². The quantitative estimate of drug-likeness (QED) is 0.780. The van der Waals surface area contributed by atoms with E-state index in [1.54, 1.807) is 6.92 Å². The van der Waals surface area contributed by atoms with Gasteiger partial charge in [0.15, 0.2) is 0 Å². The molecule has 86 valence electrons. The van der Waals surface area contributed by atoms with Crippen molar-refractivity contribution in [3.63, 3.8) is 0 Å². The molecule has 0 fully saturated rings. The Hall–Kier alpha value is -1.47. The van der Waals surface area contributed by atoms with Crippen molar-refractivity contribution in [1.29, 1.82) is 5.26 Å². The SMILES string of the molecule is CC(NCCCC#N)c1c(F)cccc1F. The second-order valence-electron chi connectivity index (χ2n) is 3.57. The second-order valence-corrected chi connectivity index (χ2v) is 3.57. The normalized spacial score (nSPS) is 12.1. The Balaban J connectivity index is 2.59. The smallest absolute Gasteiger partial charge is 0.130 e. The minimum atomic E-state index is -0.541. The third kappa shape index (κ3) is 3.28. The lowest BCUT2D eigenvalue weighted by Gasteiger charge is -2.15. The van der Waals surface area contributed by atoms with E-state index >= 15 is 0 Å². The highest BCUT2D eigenvalue weighted by Gasteiger charge is 2.14. The van der Waals surface area contributed by atoms with Crippen LogP contribution in [0.3, 0.4) is 0 Å². The number of nitrogens with one attached hydrogen (secondary N) is 1. The van der Waals surface area contributed by atoms with Gasteiger partial charge in [-0.25, -0.2) is 8.78 Å². The lowest BCUT2D eigenvalue weighted by atomic mass is 10.1. The number of hydrogen-bond acceptors (Lipinski definition) is 2. The van der Waals surface area contributed by atoms with Crippen LogP contribution in [0.15, 0.2) is 18.2 Å². The minimum absolute atomic E-state index is 0.0551. The van der Waals surface area contributed by atoms with Gasteiger partial charge in [-0.05, 0) is 32.0 Å². The molecule has 1 atom stereocenters. The molecule has 0 bridgehead atoms. The van der Waals surface area contributed by atoms with Crippen LogP contribution >= 0.6 is 0 Å². The Morgan fingerprint density at radius 1 is 1.38 bits per heavy atom. The number of unbranched alkanes of at least 4 members (excludes halogenated alkanes) is 1. The highest BCUT2D eigenvalue weighted by atomic mass is 19.1. The number of rotatable bonds is 5. The third-order valence-corrected chi connectivity index (χ3v) is 2.35. The van der Waals surface area contributed by atoms with Crippen molar-refractivity contribution < 1.29 is 8.78 Å². The molecule has 1 aromatic rings. The molecule has 0 aliphatic rings. The topological polar surface area (TPSA) is 35.8 Å². The van der Waals surface area contributed by atoms with Crippen LogP contribution in [0, 0.1) is 23.0 Å². The molecule has 2 nitrogen and oxygen atoms in total. The first-order valence-electron chi connectivity index (χ1n) is 5.21. The van der Waals surface area contributed by atoms with E-state index in [2.05, 4.69) is 5.32 Å². The molecule has 1 rings (SSSR count). The summed E-state index contributed by atoms with van der Waals surface area (Å²) in [4.78, 5) is 0. The van der Waals surface area contributed by atoms with Gasteiger partial charge < -0.3 is 5.32 Å². The van der Waals surface area contributed by atoms with E-state index in [4.69, 9.17) is 5.26 Å². The second kappa shape index (κ2) is 6.19. The fourth-order valence-corrected chi connectivity index (χ4v) is 1.51. The van der Waals surface area contributed by atoms with Gasteiger partial charge in [-0.2, -0.15) is 5.26 Å². The number of benzene rings is 1. The van der Waals surface area contributed by atoms with E-state index in [1.807, 2.05) is 6.07 Å². The van der Waals surface area contributed by atoms with Gasteiger partial charge in [0.2, 0.25) is 0 Å². The van der Waals surface area contributed by atoms with Crippen LogP contribution in [0.1, 0.15) is 31.4 Å². The van der Waals surface area contributed by atoms with Crippen LogP contribution in [0.2, 0.25) is 0 Å². The fourth-order valence-electron chi connectivity index (χ4n) is 1.51. The maximum Gasteiger partial charge on any atom is 0.130 e. The summed E-state index contributed by atoms with van der Waals surface area (Å²) in [5.74, 6) is -1.08. The lowest BCUT2D eigenvalue weighted by molar-refractivity contribution is 0.485. The zero-order valence-electron chi connectivity index (χ0n) is 9.13. The van der Waals surface area contributed by atoms with E-state index in [1.165, 1.54) is 18.2 Å². The predicted octanol–water partition coefficient (Wildman–Crippen LogP) is 2.92. The predicted molar refractivity (Wildman–Crippen MR) is 57.6 cm³/mol. The molecule has 0 radical (unpaired) electrons. The fraction of sp³-hybridized carbons (Fsp3) is 0.417. The van der Waals surface area contributed by atoms with Crippen LogP contribution < -0.4 is 5.32 Å². The molecule has 0 spiro atoms. The summed E-state index contributed by atoms with van der Waals surface area (Å²) < 4.78 is 26.7. The highest BCUT2D eigenvalue weighted by Crippen LogP contribution is 2.19. The van der Waals surface area contributed by atoms with Crippen molar-refractivity contribution in [2.24, 2.45) is 0 Å². The van der Waals surface area contributed by atoms with Gasteiger partial charge in [0.1, 0.15) is 11.6 Å². The molecule has 0 aromatic heterocycles. The summed E-state index contributed by atoms with van der Waals surface area (Å²) >= 11 is 0. The zero-order chi connectivity index (χ0) is 12.0. The van der Waals surface area contributed by atoms with Crippen molar-refractivity contribution >= 4 is 0 Å². The van der Waals surface area contributed by atoms with E-state index in [9.17, 15) is 8.78 Å². The van der Waals surface area contributed by atoms with Crippen molar-refractivity contribution in [2.45, 2.75) is 25.8 Å². The van der Waals surface area contributed by atoms with Gasteiger partial charge in [0.05, 0.1) is 6.07 Å². The van der Waals surface area contributed by atoms with Gasteiger partial charge in [0, 0.05) is 18.0 Å². The first-order chi connectivity index (χ1) is 7.66. The monoisotopic (exact) mass is 224 g/mol. The zero-order valence-corrected chi connectivity index (χ0v) is 9.13. The average molecular weight is 224 g/mol. The van der Waals surface area contributed by atoms with Gasteiger partial charge in [-0.15, -0.1) is 0 Å². The maximum atomic E-state index is 13.3. The first kappa shape index (κ1) is 12.6. The largest absolute Gasteiger partial charge is 0.310 e. The van der Waals surface area contributed by atoms with Crippen LogP contribution in [0.25, 0.3) is 0 Å². The standard InChI is InChI=1S/C12H14F2N2/c1-9(16-8-3-2-7-15)12-10(13)5-4-6-11(12)14/h4-6,9,16H,2-3,8H2,1H3. The number of halogens is 2. The Labute approximate surface area is 93.9 Å². The molecule has 1 unspecified atom stereocenters. The van der Waals surface area contributed by atoms with E-state index in [0.29, 0.717) is 19.4 Å². The molecule has 1 aromatic carbocycles. The van der Waals surface area contributed by atoms with Gasteiger partial charge in [-0.3, -0.25) is 0 Å². The van der Waals surface area contributed by atoms with Crippen molar-refractivity contribution in [3.05, 3.63) is 35.4 Å². The Morgan fingerprint density at radius 3 is 2.56 bits per heavy atom. The average Bonchev–Trinajstić information content (AvgIpc) is 2.24. The third-order valence-electron chi connectivity index (χ3n) is 2.35. The lowest BCUT2D eigenvalue weighted by Crippen LogP contribution is -2.21. The summed E-state index contributed by atoms with van der Waals surface area (Å²) in [7, 11) is 0.